The van der Waals surface area contributed by atoms with E-state index >= 15 is 0 Å². The number of carbonyl (C=O) groups excluding carboxylic acids is 2. The predicted molar refractivity (Wildman–Crippen MR) is 115 cm³/mol. The number of hydrogen-bond acceptors (Lipinski definition) is 6. The normalized spacial score (nSPS) is 17.8. The molecule has 2 aromatic carbocycles. The highest BCUT2D eigenvalue weighted by Gasteiger charge is 2.42. The SMILES string of the molecule is CCOC(=O)OC1=C(C)NC2=C(C(=O)OC2)C1c1ccccc1Cc1cccc(C(F)(F)F)c1. The predicted octanol–water partition coefficient (Wildman–Crippen LogP) is 5.20. The highest BCUT2D eigenvalue weighted by atomic mass is 19.4. The summed E-state index contributed by atoms with van der Waals surface area (Å²) in [7, 11) is 0. The maximum Gasteiger partial charge on any atom is 0.513 e. The highest BCUT2D eigenvalue weighted by Crippen LogP contribution is 2.43. The summed E-state index contributed by atoms with van der Waals surface area (Å²) in [6.07, 6.45) is -5.21. The zero-order valence-corrected chi connectivity index (χ0v) is 18.5. The molecule has 4 rings (SSSR count). The first-order valence-electron chi connectivity index (χ1n) is 10.7. The van der Waals surface area contributed by atoms with Crippen LogP contribution in [0, 0.1) is 0 Å². The molecule has 2 aliphatic heterocycles. The molecule has 178 valence electrons. The Bertz CT molecular complexity index is 1200. The molecule has 0 fully saturated rings. The molecule has 6 nitrogen and oxygen atoms in total. The molecule has 0 bridgehead atoms. The Morgan fingerprint density at radius 2 is 1.94 bits per heavy atom. The van der Waals surface area contributed by atoms with Gasteiger partial charge in [0, 0.05) is 0 Å². The number of alkyl halides is 3. The number of allylic oxidation sites excluding steroid dienone is 2. The first kappa shape index (κ1) is 23.4. The van der Waals surface area contributed by atoms with E-state index in [4.69, 9.17) is 14.2 Å². The van der Waals surface area contributed by atoms with Gasteiger partial charge in [-0.3, -0.25) is 0 Å². The van der Waals surface area contributed by atoms with E-state index in [1.165, 1.54) is 6.07 Å². The number of carbonyl (C=O) groups is 2. The molecule has 0 amide bonds. The largest absolute Gasteiger partial charge is 0.513 e. The molecule has 9 heteroatoms. The van der Waals surface area contributed by atoms with Crippen LogP contribution < -0.4 is 5.32 Å². The molecular formula is C25H22F3NO5. The zero-order chi connectivity index (χ0) is 24.5. The second-order valence-electron chi connectivity index (χ2n) is 7.87. The minimum atomic E-state index is -4.46. The minimum Gasteiger partial charge on any atom is -0.456 e. The van der Waals surface area contributed by atoms with Crippen molar-refractivity contribution in [2.75, 3.05) is 13.2 Å². The van der Waals surface area contributed by atoms with Crippen molar-refractivity contribution in [1.29, 1.82) is 0 Å². The van der Waals surface area contributed by atoms with Crippen LogP contribution >= 0.6 is 0 Å². The summed E-state index contributed by atoms with van der Waals surface area (Å²) in [5.74, 6) is -1.18. The third kappa shape index (κ3) is 4.64. The monoisotopic (exact) mass is 473 g/mol. The fourth-order valence-electron chi connectivity index (χ4n) is 4.17. The highest BCUT2D eigenvalue weighted by molar-refractivity contribution is 5.95. The summed E-state index contributed by atoms with van der Waals surface area (Å²) in [4.78, 5) is 24.8. The standard InChI is InChI=1S/C25H22F3NO5/c1-3-32-24(31)34-22-14(2)29-19-13-33-23(30)21(19)20(22)18-10-5-4-8-16(18)11-15-7-6-9-17(12-15)25(26,27)28/h4-10,12,20,29H,3,11,13H2,1-2H3. The fourth-order valence-corrected chi connectivity index (χ4v) is 4.17. The van der Waals surface area contributed by atoms with Crippen molar-refractivity contribution in [2.45, 2.75) is 32.4 Å². The molecule has 0 aromatic heterocycles. The second kappa shape index (κ2) is 9.24. The van der Waals surface area contributed by atoms with Crippen LogP contribution in [0.15, 0.2) is 71.3 Å². The molecule has 2 aromatic rings. The Kier molecular flexibility index (Phi) is 6.37. The van der Waals surface area contributed by atoms with E-state index in [2.05, 4.69) is 5.32 Å². The number of hydrogen-bond donors (Lipinski definition) is 1. The lowest BCUT2D eigenvalue weighted by Crippen LogP contribution is -2.29. The molecule has 2 heterocycles. The lowest BCUT2D eigenvalue weighted by atomic mass is 9.82. The Labute approximate surface area is 194 Å². The van der Waals surface area contributed by atoms with Crippen LogP contribution in [0.2, 0.25) is 0 Å². The van der Waals surface area contributed by atoms with Gasteiger partial charge in [-0.1, -0.05) is 42.5 Å². The van der Waals surface area contributed by atoms with Gasteiger partial charge in [-0.2, -0.15) is 13.2 Å². The number of nitrogens with one attached hydrogen (secondary N) is 1. The average Bonchev–Trinajstić information content (AvgIpc) is 3.15. The van der Waals surface area contributed by atoms with Crippen molar-refractivity contribution >= 4 is 12.1 Å². The van der Waals surface area contributed by atoms with E-state index < -0.39 is 29.8 Å². The first-order chi connectivity index (χ1) is 16.2. The zero-order valence-electron chi connectivity index (χ0n) is 18.5. The van der Waals surface area contributed by atoms with Gasteiger partial charge in [0.05, 0.1) is 35.1 Å². The molecule has 1 atom stereocenters. The second-order valence-corrected chi connectivity index (χ2v) is 7.87. The van der Waals surface area contributed by atoms with Crippen LogP contribution in [-0.2, 0) is 31.6 Å². The molecule has 1 N–H and O–H groups in total. The summed E-state index contributed by atoms with van der Waals surface area (Å²) >= 11 is 0. The Morgan fingerprint density at radius 3 is 2.68 bits per heavy atom. The smallest absolute Gasteiger partial charge is 0.456 e. The summed E-state index contributed by atoms with van der Waals surface area (Å²) in [6, 6.07) is 12.1. The van der Waals surface area contributed by atoms with E-state index in [1.54, 1.807) is 44.2 Å². The van der Waals surface area contributed by atoms with Gasteiger partial charge in [0.2, 0.25) is 0 Å². The number of ether oxygens (including phenoxy) is 3. The summed E-state index contributed by atoms with van der Waals surface area (Å²) < 4.78 is 55.3. The number of rotatable bonds is 5. The van der Waals surface area contributed by atoms with Crippen molar-refractivity contribution in [3.05, 3.63) is 93.5 Å². The van der Waals surface area contributed by atoms with Crippen molar-refractivity contribution in [1.82, 2.24) is 5.32 Å². The molecular weight excluding hydrogens is 451 g/mol. The maximum absolute atomic E-state index is 13.2. The van der Waals surface area contributed by atoms with E-state index in [0.29, 0.717) is 33.7 Å². The lowest BCUT2D eigenvalue weighted by molar-refractivity contribution is -0.138. The number of dihydropyridines is 1. The molecule has 0 radical (unpaired) electrons. The quantitative estimate of drug-likeness (QED) is 0.602. The van der Waals surface area contributed by atoms with Crippen molar-refractivity contribution in [3.63, 3.8) is 0 Å². The topological polar surface area (TPSA) is 73.9 Å². The Hall–Kier alpha value is -3.75. The van der Waals surface area contributed by atoms with Crippen molar-refractivity contribution in [2.24, 2.45) is 0 Å². The fraction of sp³-hybridized carbons (Fsp3) is 0.280. The molecule has 0 saturated heterocycles. The average molecular weight is 473 g/mol. The molecule has 34 heavy (non-hydrogen) atoms. The molecule has 2 aliphatic rings. The van der Waals surface area contributed by atoms with Gasteiger partial charge in [-0.05, 0) is 43.0 Å². The van der Waals surface area contributed by atoms with Crippen molar-refractivity contribution in [3.8, 4) is 0 Å². The van der Waals surface area contributed by atoms with Crippen LogP contribution in [0.3, 0.4) is 0 Å². The van der Waals surface area contributed by atoms with E-state index in [1.807, 2.05) is 0 Å². The van der Waals surface area contributed by atoms with Crippen LogP contribution in [0.25, 0.3) is 0 Å². The Morgan fingerprint density at radius 1 is 1.18 bits per heavy atom. The number of halogens is 3. The van der Waals surface area contributed by atoms with Crippen molar-refractivity contribution < 1.29 is 37.0 Å². The van der Waals surface area contributed by atoms with Gasteiger partial charge in [0.15, 0.2) is 0 Å². The van der Waals surface area contributed by atoms with Gasteiger partial charge < -0.3 is 19.5 Å². The minimum absolute atomic E-state index is 0.0461. The third-order valence-electron chi connectivity index (χ3n) is 5.62. The molecule has 1 unspecified atom stereocenters. The van der Waals surface area contributed by atoms with Crippen LogP contribution in [0.1, 0.15) is 42.0 Å². The van der Waals surface area contributed by atoms with Gasteiger partial charge in [0.25, 0.3) is 0 Å². The van der Waals surface area contributed by atoms with E-state index in [9.17, 15) is 22.8 Å². The van der Waals surface area contributed by atoms with Gasteiger partial charge in [0.1, 0.15) is 12.4 Å². The van der Waals surface area contributed by atoms with E-state index in [0.717, 1.165) is 12.1 Å². The summed E-state index contributed by atoms with van der Waals surface area (Å²) in [5, 5.41) is 3.05. The van der Waals surface area contributed by atoms with Crippen LogP contribution in [0.5, 0.6) is 0 Å². The first-order valence-corrected chi connectivity index (χ1v) is 10.7. The van der Waals surface area contributed by atoms with Gasteiger partial charge in [-0.15, -0.1) is 0 Å². The molecule has 0 aliphatic carbocycles. The summed E-state index contributed by atoms with van der Waals surface area (Å²) in [6.45, 7) is 3.48. The number of cyclic esters (lactones) is 1. The summed E-state index contributed by atoms with van der Waals surface area (Å²) in [5.41, 5.74) is 2.36. The van der Waals surface area contributed by atoms with Crippen LogP contribution in [0.4, 0.5) is 18.0 Å². The maximum atomic E-state index is 13.2. The van der Waals surface area contributed by atoms with Gasteiger partial charge >= 0.3 is 18.3 Å². The molecule has 0 saturated carbocycles. The Balaban J connectivity index is 1.78. The third-order valence-corrected chi connectivity index (χ3v) is 5.62. The lowest BCUT2D eigenvalue weighted by Gasteiger charge is -2.29. The molecule has 0 spiro atoms. The van der Waals surface area contributed by atoms with E-state index in [-0.39, 0.29) is 25.4 Å². The number of esters is 1. The van der Waals surface area contributed by atoms with Crippen LogP contribution in [-0.4, -0.2) is 25.3 Å². The van der Waals surface area contributed by atoms with Gasteiger partial charge in [-0.25, -0.2) is 9.59 Å². The number of benzene rings is 2.